The van der Waals surface area contributed by atoms with E-state index in [1.54, 1.807) is 5.57 Å². The number of allylic oxidation sites excluding steroid dienone is 4. The monoisotopic (exact) mass is 639 g/mol. The zero-order valence-corrected chi connectivity index (χ0v) is 32.4. The summed E-state index contributed by atoms with van der Waals surface area (Å²) >= 11 is 0. The number of hydrogen-bond acceptors (Lipinski definition) is 3. The standard InChI is InChI=1S/C38H65NO3Si2/c1-26(23-30-20-22-39-35(30)40)32-18-19-33-28(15-14-21-38(32,33)9)16-17-29-24-31(41-43(10,11)36(3,4)5)25-34(27(29)2)42-44(12,13)37(6,7)8/h16-17,23,26,31-34H,2,14-15,18-22,24-25H2,1,3-13H3,(H,39,40)/b28-16+,29-17-,30-23+/t26-,31-,32-,33?,34+,38-/m1/s1. The Labute approximate surface area is 272 Å². The molecule has 0 aromatic heterocycles. The van der Waals surface area contributed by atoms with Crippen LogP contribution < -0.4 is 5.32 Å². The fourth-order valence-corrected chi connectivity index (χ4v) is 10.7. The van der Waals surface area contributed by atoms with Gasteiger partial charge in [0.25, 0.3) is 0 Å². The van der Waals surface area contributed by atoms with Crippen LogP contribution in [0.15, 0.2) is 47.1 Å². The van der Waals surface area contributed by atoms with Crippen molar-refractivity contribution >= 4 is 22.5 Å². The Morgan fingerprint density at radius 3 is 2.18 bits per heavy atom. The summed E-state index contributed by atoms with van der Waals surface area (Å²) in [5, 5.41) is 3.31. The van der Waals surface area contributed by atoms with E-state index in [1.807, 2.05) is 0 Å². The molecule has 0 bridgehead atoms. The smallest absolute Gasteiger partial charge is 0.246 e. The molecule has 6 atom stereocenters. The first-order valence-electron chi connectivity index (χ1n) is 17.6. The first-order valence-corrected chi connectivity index (χ1v) is 23.4. The van der Waals surface area contributed by atoms with Crippen molar-refractivity contribution in [2.75, 3.05) is 6.54 Å². The van der Waals surface area contributed by atoms with Gasteiger partial charge in [-0.25, -0.2) is 0 Å². The number of carbonyl (C=O) groups excluding carboxylic acids is 1. The highest BCUT2D eigenvalue weighted by Gasteiger charge is 2.51. The van der Waals surface area contributed by atoms with E-state index >= 15 is 0 Å². The Morgan fingerprint density at radius 2 is 1.59 bits per heavy atom. The molecule has 3 aliphatic carbocycles. The van der Waals surface area contributed by atoms with E-state index in [-0.39, 0.29) is 28.2 Å². The first kappa shape index (κ1) is 35.6. The van der Waals surface area contributed by atoms with Gasteiger partial charge in [-0.1, -0.05) is 85.8 Å². The summed E-state index contributed by atoms with van der Waals surface area (Å²) < 4.78 is 14.1. The topological polar surface area (TPSA) is 47.6 Å². The summed E-state index contributed by atoms with van der Waals surface area (Å²) in [6.45, 7) is 33.8. The molecule has 1 heterocycles. The average Bonchev–Trinajstić information content (AvgIpc) is 3.45. The highest BCUT2D eigenvalue weighted by atomic mass is 28.4. The number of fused-ring (bicyclic) bond motifs is 1. The van der Waals surface area contributed by atoms with Crippen LogP contribution in [0.25, 0.3) is 0 Å². The summed E-state index contributed by atoms with van der Waals surface area (Å²) in [4.78, 5) is 12.3. The van der Waals surface area contributed by atoms with Crippen molar-refractivity contribution in [3.05, 3.63) is 47.1 Å². The SMILES string of the molecule is C=C1/C(=C\C=C2/CCC[C@@]3(C)C2CC[C@@H]3[C@H](C)/C=C2\CCNC2=O)C[C@@H](O[Si](C)(C)C(C)(C)C)C[C@@H]1O[Si](C)(C)C(C)(C)C. The average molecular weight is 640 g/mol. The van der Waals surface area contributed by atoms with Crippen LogP contribution in [-0.4, -0.2) is 41.3 Å². The normalized spacial score (nSPS) is 34.1. The van der Waals surface area contributed by atoms with Gasteiger partial charge in [0, 0.05) is 18.5 Å². The van der Waals surface area contributed by atoms with E-state index in [4.69, 9.17) is 8.85 Å². The van der Waals surface area contributed by atoms with Crippen LogP contribution in [0.4, 0.5) is 0 Å². The third kappa shape index (κ3) is 7.34. The van der Waals surface area contributed by atoms with Crippen LogP contribution in [0.5, 0.6) is 0 Å². The molecule has 4 fully saturated rings. The van der Waals surface area contributed by atoms with Crippen molar-refractivity contribution in [1.82, 2.24) is 5.32 Å². The van der Waals surface area contributed by atoms with E-state index in [2.05, 4.69) is 112 Å². The Morgan fingerprint density at radius 1 is 0.955 bits per heavy atom. The zero-order chi connectivity index (χ0) is 32.9. The molecule has 0 aromatic rings. The van der Waals surface area contributed by atoms with Crippen molar-refractivity contribution < 1.29 is 13.6 Å². The summed E-state index contributed by atoms with van der Waals surface area (Å²) in [6, 6.07) is 0. The Hall–Kier alpha value is -1.22. The quantitative estimate of drug-likeness (QED) is 0.223. The maximum atomic E-state index is 12.3. The van der Waals surface area contributed by atoms with Crippen molar-refractivity contribution in [1.29, 1.82) is 0 Å². The molecule has 1 amide bonds. The number of carbonyl (C=O) groups is 1. The Kier molecular flexibility index (Phi) is 10.3. The zero-order valence-electron chi connectivity index (χ0n) is 30.4. The number of nitrogens with one attached hydrogen (secondary N) is 1. The molecule has 248 valence electrons. The number of hydrogen-bond donors (Lipinski definition) is 1. The van der Waals surface area contributed by atoms with Gasteiger partial charge in [0.2, 0.25) is 5.91 Å². The minimum absolute atomic E-state index is 0.0122. The molecule has 0 spiro atoms. The van der Waals surface area contributed by atoms with Gasteiger partial charge in [0.05, 0.1) is 12.2 Å². The third-order valence-corrected chi connectivity index (χ3v) is 21.9. The maximum Gasteiger partial charge on any atom is 0.246 e. The predicted molar refractivity (Wildman–Crippen MR) is 192 cm³/mol. The second-order valence-corrected chi connectivity index (χ2v) is 27.4. The van der Waals surface area contributed by atoms with Crippen LogP contribution in [0.2, 0.25) is 36.3 Å². The van der Waals surface area contributed by atoms with Gasteiger partial charge in [-0.15, -0.1) is 0 Å². The second-order valence-electron chi connectivity index (χ2n) is 17.9. The number of rotatable bonds is 7. The van der Waals surface area contributed by atoms with Gasteiger partial charge < -0.3 is 14.2 Å². The molecule has 0 radical (unpaired) electrons. The van der Waals surface area contributed by atoms with Crippen molar-refractivity contribution in [3.8, 4) is 0 Å². The number of amides is 1. The molecule has 1 N–H and O–H groups in total. The minimum Gasteiger partial charge on any atom is -0.413 e. The molecule has 1 aliphatic heterocycles. The van der Waals surface area contributed by atoms with Crippen LogP contribution in [0, 0.1) is 23.2 Å². The van der Waals surface area contributed by atoms with Gasteiger partial charge in [-0.2, -0.15) is 0 Å². The molecule has 4 aliphatic rings. The fourth-order valence-electron chi connectivity index (χ4n) is 8.04. The molecular weight excluding hydrogens is 575 g/mol. The molecule has 1 saturated heterocycles. The molecule has 6 heteroatoms. The van der Waals surface area contributed by atoms with Crippen LogP contribution >= 0.6 is 0 Å². The van der Waals surface area contributed by atoms with E-state index < -0.39 is 16.6 Å². The summed E-state index contributed by atoms with van der Waals surface area (Å²) in [6.07, 6.45) is 16.3. The second kappa shape index (κ2) is 12.8. The van der Waals surface area contributed by atoms with E-state index in [9.17, 15) is 4.79 Å². The summed E-state index contributed by atoms with van der Waals surface area (Å²) in [7, 11) is -3.92. The molecule has 3 saturated carbocycles. The lowest BCUT2D eigenvalue weighted by Crippen LogP contribution is -2.49. The van der Waals surface area contributed by atoms with E-state index in [0.717, 1.165) is 31.4 Å². The van der Waals surface area contributed by atoms with Gasteiger partial charge >= 0.3 is 0 Å². The predicted octanol–water partition coefficient (Wildman–Crippen LogP) is 10.3. The summed E-state index contributed by atoms with van der Waals surface area (Å²) in [5.74, 6) is 1.82. The molecule has 1 unspecified atom stereocenters. The molecular formula is C38H65NO3Si2. The largest absolute Gasteiger partial charge is 0.413 e. The first-order chi connectivity index (χ1) is 20.2. The molecule has 4 nitrogen and oxygen atoms in total. The lowest BCUT2D eigenvalue weighted by Gasteiger charge is -2.45. The van der Waals surface area contributed by atoms with Crippen molar-refractivity contribution in [2.45, 2.75) is 155 Å². The fraction of sp³-hybridized carbons (Fsp3) is 0.763. The van der Waals surface area contributed by atoms with Crippen LogP contribution in [0.1, 0.15) is 107 Å². The molecule has 44 heavy (non-hydrogen) atoms. The lowest BCUT2D eigenvalue weighted by atomic mass is 9.61. The highest BCUT2D eigenvalue weighted by Crippen LogP contribution is 2.59. The highest BCUT2D eigenvalue weighted by molar-refractivity contribution is 6.74. The maximum absolute atomic E-state index is 12.3. The summed E-state index contributed by atoms with van der Waals surface area (Å²) in [5.41, 5.74) is 5.40. The lowest BCUT2D eigenvalue weighted by molar-refractivity contribution is -0.116. The van der Waals surface area contributed by atoms with Crippen LogP contribution in [-0.2, 0) is 13.6 Å². The van der Waals surface area contributed by atoms with Gasteiger partial charge in [-0.05, 0) is 116 Å². The van der Waals surface area contributed by atoms with Gasteiger partial charge in [0.1, 0.15) is 0 Å². The Bertz CT molecular complexity index is 1200. The third-order valence-electron chi connectivity index (χ3n) is 12.8. The van der Waals surface area contributed by atoms with E-state index in [0.29, 0.717) is 23.2 Å². The van der Waals surface area contributed by atoms with Crippen molar-refractivity contribution in [2.24, 2.45) is 23.2 Å². The molecule has 4 rings (SSSR count). The Balaban J connectivity index is 1.60. The van der Waals surface area contributed by atoms with Crippen molar-refractivity contribution in [3.63, 3.8) is 0 Å². The van der Waals surface area contributed by atoms with Gasteiger partial charge in [0.15, 0.2) is 16.6 Å². The molecule has 0 aromatic carbocycles. The van der Waals surface area contributed by atoms with Gasteiger partial charge in [-0.3, -0.25) is 4.79 Å². The van der Waals surface area contributed by atoms with Crippen LogP contribution in [0.3, 0.4) is 0 Å². The minimum atomic E-state index is -1.99. The van der Waals surface area contributed by atoms with E-state index in [1.165, 1.54) is 43.3 Å².